The molecule has 4 heterocycles. The van der Waals surface area contributed by atoms with Gasteiger partial charge in [-0.15, -0.1) is 0 Å². The molecule has 12 amide bonds. The van der Waals surface area contributed by atoms with Gasteiger partial charge in [-0.2, -0.15) is 0 Å². The normalized spacial score (nSPS) is 14.4. The quantitative estimate of drug-likeness (QED) is 0.0253. The molecule has 125 heavy (non-hydrogen) atoms. The fourth-order valence-electron chi connectivity index (χ4n) is 13.8. The van der Waals surface area contributed by atoms with Crippen molar-refractivity contribution in [2.45, 2.75) is 123 Å². The Balaban J connectivity index is 0.000000174. The van der Waals surface area contributed by atoms with Gasteiger partial charge in [0.25, 0.3) is 0 Å². The number of aliphatic carboxylic acids is 3. The number of carbonyl (C=O) groups is 11. The van der Waals surface area contributed by atoms with Crippen molar-refractivity contribution in [3.8, 4) is 0 Å². The highest BCUT2D eigenvalue weighted by Crippen LogP contribution is 2.36. The Morgan fingerprint density at radius 1 is 0.312 bits per heavy atom. The van der Waals surface area contributed by atoms with Crippen molar-refractivity contribution in [1.82, 2.24) is 37.2 Å². The fraction of sp³-hybridized carbons (Fsp3) is 0.266. The number of urea groups is 4. The SMILES string of the molecule is CC1=Nc2ccccc2N(C(=O)N[C@@H](Cc2ccccc2)C(=O)N[C@@H](C)C(=O)O)C1.CC1=Nc2ccccc2N(C(=O)N[C@@H](Cc2ccccc2)C(=O)N[C@@H](CO)C(=O)O)C1.CC1=Nc2ccccc2N(C(=O)N[C@@H](Cc2ccccc2)C(=O)N[C@H](C(=O)O)C(C)C)C1.CC1=Nc2ccccc2N(C(=O)N[C@H](Cc2ccccc2)C(=O)Nc2ccccc2C)C1. The van der Waals surface area contributed by atoms with Crippen LogP contribution in [0.15, 0.2) is 263 Å². The first-order valence-corrected chi connectivity index (χ1v) is 40.6. The third kappa shape index (κ3) is 26.3. The number of nitrogens with one attached hydrogen (secondary N) is 8. The predicted molar refractivity (Wildman–Crippen MR) is 482 cm³/mol. The number of rotatable bonds is 25. The van der Waals surface area contributed by atoms with Gasteiger partial charge >= 0.3 is 42.0 Å². The molecule has 4 aliphatic rings. The van der Waals surface area contributed by atoms with Crippen LogP contribution < -0.4 is 62.1 Å². The molecular weight excluding hydrogens is 1590 g/mol. The molecule has 0 bridgehead atoms. The number of benzene rings is 9. The molecule has 31 nitrogen and oxygen atoms in total. The van der Waals surface area contributed by atoms with E-state index in [4.69, 9.17) is 10.2 Å². The molecule has 31 heteroatoms. The summed E-state index contributed by atoms with van der Waals surface area (Å²) in [5.74, 6) is -5.99. The number of nitrogens with zero attached hydrogens (tertiary/aromatic N) is 8. The van der Waals surface area contributed by atoms with Crippen LogP contribution in [0, 0.1) is 12.8 Å². The third-order valence-electron chi connectivity index (χ3n) is 20.2. The monoisotopic (exact) mass is 1690 g/mol. The van der Waals surface area contributed by atoms with Gasteiger partial charge in [-0.05, 0) is 130 Å². The van der Waals surface area contributed by atoms with Crippen LogP contribution in [0.3, 0.4) is 0 Å². The summed E-state index contributed by atoms with van der Waals surface area (Å²) < 4.78 is 0. The summed E-state index contributed by atoms with van der Waals surface area (Å²) in [5.41, 5.74) is 13.7. The highest BCUT2D eigenvalue weighted by Gasteiger charge is 2.36. The summed E-state index contributed by atoms with van der Waals surface area (Å²) in [7, 11) is 0. The Labute approximate surface area is 723 Å². The number of carbonyl (C=O) groups excluding carboxylic acids is 8. The summed E-state index contributed by atoms with van der Waals surface area (Å²) in [5, 5.41) is 58.4. The molecule has 4 aliphatic heterocycles. The van der Waals surface area contributed by atoms with Gasteiger partial charge in [-0.3, -0.25) is 63.5 Å². The molecule has 0 saturated heterocycles. The number of anilines is 5. The lowest BCUT2D eigenvalue weighted by Crippen LogP contribution is -2.56. The molecule has 0 radical (unpaired) electrons. The van der Waals surface area contributed by atoms with Crippen LogP contribution in [-0.4, -0.2) is 184 Å². The lowest BCUT2D eigenvalue weighted by molar-refractivity contribution is -0.143. The first-order valence-electron chi connectivity index (χ1n) is 40.6. The van der Waals surface area contributed by atoms with Crippen LogP contribution in [0.2, 0.25) is 0 Å². The van der Waals surface area contributed by atoms with Gasteiger partial charge in [-0.25, -0.2) is 28.8 Å². The maximum atomic E-state index is 13.3. The number of amides is 12. The van der Waals surface area contributed by atoms with E-state index in [1.165, 1.54) is 16.7 Å². The highest BCUT2D eigenvalue weighted by molar-refractivity contribution is 6.10. The van der Waals surface area contributed by atoms with E-state index < -0.39 is 103 Å². The van der Waals surface area contributed by atoms with Crippen LogP contribution in [-0.2, 0) is 59.2 Å². The summed E-state index contributed by atoms with van der Waals surface area (Å²) in [6, 6.07) is 65.1. The number of para-hydroxylation sites is 9. The van der Waals surface area contributed by atoms with Gasteiger partial charge in [-0.1, -0.05) is 202 Å². The Morgan fingerprint density at radius 2 is 0.584 bits per heavy atom. The summed E-state index contributed by atoms with van der Waals surface area (Å²) in [6.07, 6.45) is 0.990. The first-order chi connectivity index (χ1) is 60.0. The smallest absolute Gasteiger partial charge is 0.328 e. The van der Waals surface area contributed by atoms with Crippen molar-refractivity contribution in [2.24, 2.45) is 25.9 Å². The van der Waals surface area contributed by atoms with E-state index in [-0.39, 0.29) is 43.7 Å². The Kier molecular flexibility index (Phi) is 32.9. The van der Waals surface area contributed by atoms with Crippen molar-refractivity contribution in [2.75, 3.05) is 57.7 Å². The number of aliphatic hydroxyl groups is 1. The number of aliphatic hydroxyl groups excluding tert-OH is 1. The molecular formula is C94H102N16O15. The number of carboxylic acids is 3. The van der Waals surface area contributed by atoms with Gasteiger partial charge in [0.05, 0.1) is 78.3 Å². The van der Waals surface area contributed by atoms with Crippen LogP contribution in [0.4, 0.5) is 70.4 Å². The Bertz CT molecular complexity index is 5480. The van der Waals surface area contributed by atoms with Crippen molar-refractivity contribution in [3.63, 3.8) is 0 Å². The molecule has 13 rings (SSSR count). The molecule has 0 saturated carbocycles. The standard InChI is InChI=1S/C26H26N4O2.C24H28N4O4.C22H24N4O5.C22H24N4O4/c1-18-10-6-7-13-21(18)28-25(31)23(16-20-11-4-3-5-12-20)29-26(32)30-17-19(2)27-22-14-8-9-15-24(22)30;1-15(2)21(23(30)31)27-22(29)19(13-17-9-5-4-6-10-17)26-24(32)28-14-16(3)25-18-11-7-8-12-20(18)28;1-14-12-26(19-10-6-5-9-16(19)23-14)22(31)25-17(11-15-7-3-2-4-8-15)20(28)24-18(13-27)21(29)30;1-14-13-26(19-11-7-6-10-17(19)23-14)22(30)25-18(12-16-8-4-3-5-9-16)20(27)24-15(2)21(28)29/h3-15,23H,16-17H2,1-2H3,(H,28,31)(H,29,32);4-12,15,19,21H,13-14H2,1-3H3,(H,26,32)(H,27,29)(H,30,31);2-10,17-18,27H,11-13H2,1H3,(H,24,28)(H,25,31)(H,29,30);3-11,15,18H,12-13H2,1-2H3,(H,24,27)(H,25,30)(H,28,29)/t23-;19-,21-;17-,18-;15-,18-/m1000/s1. The molecule has 12 N–H and O–H groups in total. The molecule has 0 aliphatic carbocycles. The minimum atomic E-state index is -1.47. The van der Waals surface area contributed by atoms with E-state index in [2.05, 4.69) is 62.5 Å². The number of hydrogen-bond donors (Lipinski definition) is 12. The zero-order valence-corrected chi connectivity index (χ0v) is 70.4. The van der Waals surface area contributed by atoms with Crippen LogP contribution in [0.1, 0.15) is 76.3 Å². The molecule has 0 spiro atoms. The summed E-state index contributed by atoms with van der Waals surface area (Å²) in [6.45, 7) is 14.6. The lowest BCUT2D eigenvalue weighted by Gasteiger charge is -2.30. The van der Waals surface area contributed by atoms with Gasteiger partial charge in [0.2, 0.25) is 23.6 Å². The van der Waals surface area contributed by atoms with E-state index in [9.17, 15) is 63.0 Å². The van der Waals surface area contributed by atoms with Crippen molar-refractivity contribution < 1.29 is 73.2 Å². The average molecular weight is 1700 g/mol. The Hall–Kier alpha value is -15.0. The Morgan fingerprint density at radius 3 is 0.864 bits per heavy atom. The first kappa shape index (κ1) is 92.3. The van der Waals surface area contributed by atoms with Gasteiger partial charge in [0.1, 0.15) is 42.3 Å². The van der Waals surface area contributed by atoms with Crippen LogP contribution in [0.5, 0.6) is 0 Å². The van der Waals surface area contributed by atoms with Gasteiger partial charge in [0, 0.05) is 54.2 Å². The van der Waals surface area contributed by atoms with Crippen LogP contribution >= 0.6 is 0 Å². The number of aryl methyl sites for hydroxylation is 1. The molecule has 0 aromatic heterocycles. The summed E-state index contributed by atoms with van der Waals surface area (Å²) in [4.78, 5) is 163. The van der Waals surface area contributed by atoms with Gasteiger partial charge < -0.3 is 63.0 Å². The van der Waals surface area contributed by atoms with E-state index in [0.717, 1.165) is 67.7 Å². The van der Waals surface area contributed by atoms with Gasteiger partial charge in [0.15, 0.2) is 0 Å². The fourth-order valence-corrected chi connectivity index (χ4v) is 13.8. The van der Waals surface area contributed by atoms with E-state index in [1.807, 2.05) is 223 Å². The maximum absolute atomic E-state index is 13.3. The molecule has 9 aromatic rings. The lowest BCUT2D eigenvalue weighted by atomic mass is 10.0. The minimum Gasteiger partial charge on any atom is -0.480 e. The topological polar surface area (TPSA) is 427 Å². The number of aliphatic imine (C=N–C) groups is 4. The molecule has 7 atom stereocenters. The average Bonchev–Trinajstić information content (AvgIpc) is 0.811. The second-order valence-electron chi connectivity index (χ2n) is 30.5. The predicted octanol–water partition coefficient (Wildman–Crippen LogP) is 12.0. The highest BCUT2D eigenvalue weighted by atomic mass is 16.4. The zero-order valence-electron chi connectivity index (χ0n) is 70.4. The molecule has 648 valence electrons. The van der Waals surface area contributed by atoms with Crippen molar-refractivity contribution >= 4 is 140 Å². The summed E-state index contributed by atoms with van der Waals surface area (Å²) >= 11 is 0. The minimum absolute atomic E-state index is 0.152. The van der Waals surface area contributed by atoms with Crippen LogP contribution in [0.25, 0.3) is 0 Å². The van der Waals surface area contributed by atoms with Crippen molar-refractivity contribution in [1.29, 1.82) is 0 Å². The molecule has 0 unspecified atom stereocenters. The number of fused-ring (bicyclic) bond motifs is 4. The van der Waals surface area contributed by atoms with Crippen molar-refractivity contribution in [3.05, 3.63) is 270 Å². The second-order valence-corrected chi connectivity index (χ2v) is 30.5. The number of carboxylic acid groups (broad SMARTS) is 3. The third-order valence-corrected chi connectivity index (χ3v) is 20.2. The number of hydrogen-bond acceptors (Lipinski definition) is 16. The van der Waals surface area contributed by atoms with E-state index >= 15 is 0 Å². The van der Waals surface area contributed by atoms with E-state index in [1.54, 1.807) is 78.2 Å². The van der Waals surface area contributed by atoms with E-state index in [0.29, 0.717) is 60.2 Å². The second kappa shape index (κ2) is 44.5. The largest absolute Gasteiger partial charge is 0.480 e. The molecule has 9 aromatic carbocycles. The zero-order chi connectivity index (χ0) is 89.8. The molecule has 0 fully saturated rings. The maximum Gasteiger partial charge on any atom is 0.328 e.